The summed E-state index contributed by atoms with van der Waals surface area (Å²) in [7, 11) is -0.101. The van der Waals surface area contributed by atoms with Crippen molar-refractivity contribution in [2.75, 3.05) is 18.9 Å². The average molecular weight is 387 g/mol. The highest BCUT2D eigenvalue weighted by molar-refractivity contribution is 7.60. The predicted molar refractivity (Wildman–Crippen MR) is 107 cm³/mol. The van der Waals surface area contributed by atoms with Gasteiger partial charge in [0, 0.05) is 13.7 Å². The summed E-state index contributed by atoms with van der Waals surface area (Å²) in [6, 6.07) is 16.2. The van der Waals surface area contributed by atoms with Gasteiger partial charge in [-0.25, -0.2) is 4.68 Å². The maximum absolute atomic E-state index is 13.0. The summed E-state index contributed by atoms with van der Waals surface area (Å²) in [5, 5.41) is 2.81. The van der Waals surface area contributed by atoms with Crippen molar-refractivity contribution in [3.8, 4) is 17.2 Å². The van der Waals surface area contributed by atoms with Gasteiger partial charge in [0.1, 0.15) is 5.69 Å². The van der Waals surface area contributed by atoms with Crippen LogP contribution in [0.2, 0.25) is 0 Å². The molecule has 0 radical (unpaired) electrons. The van der Waals surface area contributed by atoms with E-state index in [1.807, 2.05) is 30.3 Å². The van der Waals surface area contributed by atoms with Gasteiger partial charge in [0.2, 0.25) is 0 Å². The maximum Gasteiger partial charge on any atom is 0.338 e. The first kappa shape index (κ1) is 18.9. The largest absolute Gasteiger partial charge is 0.493 e. The molecule has 7 nitrogen and oxygen atoms in total. The lowest BCUT2D eigenvalue weighted by Gasteiger charge is -2.18. The smallest absolute Gasteiger partial charge is 0.338 e. The van der Waals surface area contributed by atoms with Crippen molar-refractivity contribution in [2.45, 2.75) is 6.92 Å². The molecule has 0 bridgehead atoms. The van der Waals surface area contributed by atoms with Gasteiger partial charge in [0.05, 0.1) is 18.5 Å². The lowest BCUT2D eigenvalue weighted by Crippen LogP contribution is -2.21. The molecule has 1 N–H and O–H groups in total. The zero-order chi connectivity index (χ0) is 19.6. The second-order valence-electron chi connectivity index (χ2n) is 6.14. The molecule has 0 aliphatic carbocycles. The van der Waals surface area contributed by atoms with Gasteiger partial charge in [-0.1, -0.05) is 30.3 Å². The predicted octanol–water partition coefficient (Wildman–Crippen LogP) is 3.81. The highest BCUT2D eigenvalue weighted by Gasteiger charge is 2.25. The van der Waals surface area contributed by atoms with E-state index in [1.165, 1.54) is 18.5 Å². The fraction of sp³-hybridized carbons (Fsp3) is 0.211. The number of hydrogen-bond acceptors (Lipinski definition) is 4. The van der Waals surface area contributed by atoms with Gasteiger partial charge in [-0.2, -0.15) is 0 Å². The minimum atomic E-state index is -3.39. The van der Waals surface area contributed by atoms with Crippen LogP contribution in [0.25, 0.3) is 5.69 Å². The Labute approximate surface area is 157 Å². The number of nitrogens with one attached hydrogen (secondary N) is 1. The van der Waals surface area contributed by atoms with E-state index in [0.717, 1.165) is 5.69 Å². The molecule has 3 aromatic rings. The number of anilines is 1. The molecule has 0 amide bonds. The second-order valence-corrected chi connectivity index (χ2v) is 8.23. The Kier molecular flexibility index (Phi) is 5.15. The van der Waals surface area contributed by atoms with E-state index in [2.05, 4.69) is 5.09 Å². The van der Waals surface area contributed by atoms with E-state index < -0.39 is 7.52 Å². The van der Waals surface area contributed by atoms with Crippen LogP contribution >= 0.6 is 7.52 Å². The zero-order valence-corrected chi connectivity index (χ0v) is 16.6. The molecule has 0 saturated carbocycles. The number of para-hydroxylation sites is 3. The average Bonchev–Trinajstić information content (AvgIpc) is 2.85. The first-order valence-electron chi connectivity index (χ1n) is 8.36. The number of methoxy groups -OCH3 is 1. The normalized spacial score (nSPS) is 13.0. The number of rotatable bonds is 6. The molecule has 3 rings (SSSR count). The summed E-state index contributed by atoms with van der Waals surface area (Å²) in [4.78, 5) is 12.9. The third kappa shape index (κ3) is 3.78. The Hall–Kier alpha value is -2.92. The quantitative estimate of drug-likeness (QED) is 0.651. The number of hydrogen-bond donors (Lipinski definition) is 1. The number of nitrogens with zero attached hydrogens (tertiary/aromatic N) is 2. The molecule has 0 unspecified atom stereocenters. The Morgan fingerprint density at radius 1 is 1.00 bits per heavy atom. The molecule has 0 aliphatic heterocycles. The van der Waals surface area contributed by atoms with Crippen molar-refractivity contribution in [1.29, 1.82) is 0 Å². The maximum atomic E-state index is 13.0. The first-order valence-corrected chi connectivity index (χ1v) is 10.4. The van der Waals surface area contributed by atoms with Crippen LogP contribution in [0, 0.1) is 6.92 Å². The molecule has 8 heteroatoms. The molecule has 1 heterocycles. The van der Waals surface area contributed by atoms with E-state index in [1.54, 1.807) is 42.9 Å². The molecular formula is C19H22N3O4P. The van der Waals surface area contributed by atoms with Gasteiger partial charge in [0.15, 0.2) is 11.5 Å². The lowest BCUT2D eigenvalue weighted by atomic mass is 10.3. The van der Waals surface area contributed by atoms with Crippen molar-refractivity contribution in [3.63, 3.8) is 0 Å². The van der Waals surface area contributed by atoms with E-state index in [-0.39, 0.29) is 11.2 Å². The molecule has 1 atom stereocenters. The first-order chi connectivity index (χ1) is 12.8. The van der Waals surface area contributed by atoms with Gasteiger partial charge in [-0.15, -0.1) is 0 Å². The van der Waals surface area contributed by atoms with Crippen molar-refractivity contribution < 1.29 is 13.8 Å². The molecule has 0 spiro atoms. The summed E-state index contributed by atoms with van der Waals surface area (Å²) in [5.41, 5.74) is 1.31. The van der Waals surface area contributed by atoms with Crippen molar-refractivity contribution >= 4 is 13.2 Å². The van der Waals surface area contributed by atoms with Crippen molar-refractivity contribution in [2.24, 2.45) is 7.05 Å². The van der Waals surface area contributed by atoms with Crippen LogP contribution in [0.3, 0.4) is 0 Å². The Morgan fingerprint density at radius 2 is 1.59 bits per heavy atom. The second kappa shape index (κ2) is 7.37. The zero-order valence-electron chi connectivity index (χ0n) is 15.7. The molecule has 0 saturated heterocycles. The molecule has 142 valence electrons. The molecule has 27 heavy (non-hydrogen) atoms. The third-order valence-electron chi connectivity index (χ3n) is 4.21. The highest BCUT2D eigenvalue weighted by atomic mass is 31.2. The van der Waals surface area contributed by atoms with E-state index in [9.17, 15) is 9.36 Å². The fourth-order valence-corrected chi connectivity index (χ4v) is 4.04. The van der Waals surface area contributed by atoms with E-state index >= 15 is 0 Å². The van der Waals surface area contributed by atoms with E-state index in [4.69, 9.17) is 9.26 Å². The van der Waals surface area contributed by atoms with E-state index in [0.29, 0.717) is 17.2 Å². The summed E-state index contributed by atoms with van der Waals surface area (Å²) in [5.74, 6) is 0.808. The molecular weight excluding hydrogens is 365 g/mol. The Bertz CT molecular complexity index is 1060. The van der Waals surface area contributed by atoms with Crippen LogP contribution in [0.1, 0.15) is 5.69 Å². The Morgan fingerprint density at radius 3 is 2.22 bits per heavy atom. The summed E-state index contributed by atoms with van der Waals surface area (Å²) >= 11 is 0. The molecule has 0 fully saturated rings. The van der Waals surface area contributed by atoms with Crippen molar-refractivity contribution in [3.05, 3.63) is 70.6 Å². The number of aromatic nitrogens is 2. The standard InChI is InChI=1S/C19H22N3O4P/c1-14-18(19(23)22(21(14)2)15-10-6-5-7-11-15)20-27(4,24)26-17-13-9-8-12-16(17)25-3/h5-13H,1-4H3,(H,20,24)/t27-/m1/s1. The van der Waals surface area contributed by atoms with Gasteiger partial charge in [0.25, 0.3) is 5.56 Å². The Balaban J connectivity index is 1.96. The van der Waals surface area contributed by atoms with Crippen LogP contribution in [0.5, 0.6) is 11.5 Å². The van der Waals surface area contributed by atoms with Crippen LogP contribution < -0.4 is 19.9 Å². The highest BCUT2D eigenvalue weighted by Crippen LogP contribution is 2.45. The van der Waals surface area contributed by atoms with Crippen LogP contribution in [0.15, 0.2) is 59.4 Å². The molecule has 0 aliphatic rings. The fourth-order valence-electron chi connectivity index (χ4n) is 2.80. The van der Waals surface area contributed by atoms with Crippen molar-refractivity contribution in [1.82, 2.24) is 9.36 Å². The molecule has 1 aromatic heterocycles. The SMILES string of the molecule is COc1ccccc1O[P@@](C)(=O)Nc1c(C)n(C)n(-c2ccccc2)c1=O. The molecule has 2 aromatic carbocycles. The van der Waals surface area contributed by atoms with Gasteiger partial charge < -0.3 is 9.26 Å². The van der Waals surface area contributed by atoms with Crippen LogP contribution in [-0.2, 0) is 11.6 Å². The number of benzene rings is 2. The number of ether oxygens (including phenoxy) is 1. The minimum Gasteiger partial charge on any atom is -0.493 e. The van der Waals surface area contributed by atoms with Gasteiger partial charge in [-0.05, 0) is 31.2 Å². The van der Waals surface area contributed by atoms with Crippen LogP contribution in [-0.4, -0.2) is 23.1 Å². The monoisotopic (exact) mass is 387 g/mol. The van der Waals surface area contributed by atoms with Gasteiger partial charge in [-0.3, -0.25) is 19.1 Å². The summed E-state index contributed by atoms with van der Waals surface area (Å²) < 4.78 is 27.1. The lowest BCUT2D eigenvalue weighted by molar-refractivity contribution is 0.391. The van der Waals surface area contributed by atoms with Gasteiger partial charge >= 0.3 is 7.52 Å². The third-order valence-corrected chi connectivity index (χ3v) is 5.39. The minimum absolute atomic E-state index is 0.238. The van der Waals surface area contributed by atoms with Crippen LogP contribution in [0.4, 0.5) is 5.69 Å². The summed E-state index contributed by atoms with van der Waals surface area (Å²) in [6.07, 6.45) is 0. The topological polar surface area (TPSA) is 74.5 Å². The summed E-state index contributed by atoms with van der Waals surface area (Å²) in [6.45, 7) is 3.21.